The second kappa shape index (κ2) is 3.79. The first-order valence-corrected chi connectivity index (χ1v) is 6.33. The Balaban J connectivity index is 4.08. The molecule has 0 bridgehead atoms. The minimum absolute atomic E-state index is 0.149. The summed E-state index contributed by atoms with van der Waals surface area (Å²) >= 11 is 0. The van der Waals surface area contributed by atoms with Crippen molar-refractivity contribution in [1.82, 2.24) is 0 Å². The van der Waals surface area contributed by atoms with Gasteiger partial charge < -0.3 is 0 Å². The summed E-state index contributed by atoms with van der Waals surface area (Å²) in [5, 5.41) is 0. The Kier molecular flexibility index (Phi) is 3.89. The van der Waals surface area contributed by atoms with Crippen molar-refractivity contribution in [1.29, 1.82) is 0 Å². The van der Waals surface area contributed by atoms with Crippen LogP contribution in [0.2, 0.25) is 0 Å². The summed E-state index contributed by atoms with van der Waals surface area (Å²) in [7, 11) is -1.77. The van der Waals surface area contributed by atoms with Gasteiger partial charge in [-0.25, -0.2) is 0 Å². The lowest BCUT2D eigenvalue weighted by molar-refractivity contribution is 0.472. The van der Waals surface area contributed by atoms with E-state index in [4.69, 9.17) is 0 Å². The van der Waals surface area contributed by atoms with E-state index in [0.29, 0.717) is 0 Å². The van der Waals surface area contributed by atoms with Crippen LogP contribution in [0.3, 0.4) is 0 Å². The van der Waals surface area contributed by atoms with Crippen molar-refractivity contribution in [2.45, 2.75) is 34.6 Å². The zero-order valence-electron chi connectivity index (χ0n) is 8.41. The van der Waals surface area contributed by atoms with Gasteiger partial charge in [-0.3, -0.25) is 0 Å². The molecule has 0 aromatic rings. The number of rotatable bonds is 3. The number of hydrogen-bond acceptors (Lipinski definition) is 0. The van der Waals surface area contributed by atoms with Gasteiger partial charge in [0.25, 0.3) is 0 Å². The molecule has 0 spiro atoms. The standard InChI is InChI=1S/C9H21FS/c1-6-11(10,7-2)8-9(3,4)5/h6-8H2,1-5H3. The van der Waals surface area contributed by atoms with Crippen molar-refractivity contribution < 1.29 is 3.89 Å². The smallest absolute Gasteiger partial charge is 0.00842 e. The average Bonchev–Trinajstić information content (AvgIpc) is 1.84. The lowest BCUT2D eigenvalue weighted by Gasteiger charge is -2.34. The molecule has 0 amide bonds. The first-order valence-electron chi connectivity index (χ1n) is 4.29. The molecule has 0 N–H and O–H groups in total. The van der Waals surface area contributed by atoms with Crippen molar-refractivity contribution in [3.8, 4) is 0 Å². The predicted molar refractivity (Wildman–Crippen MR) is 54.1 cm³/mol. The zero-order valence-corrected chi connectivity index (χ0v) is 9.22. The Hall–Kier alpha value is 0.280. The van der Waals surface area contributed by atoms with E-state index < -0.39 is 10.4 Å². The minimum atomic E-state index is -1.77. The molecule has 0 unspecified atom stereocenters. The molecule has 11 heavy (non-hydrogen) atoms. The van der Waals surface area contributed by atoms with E-state index in [1.165, 1.54) is 0 Å². The molecule has 70 valence electrons. The highest BCUT2D eigenvalue weighted by Crippen LogP contribution is 2.52. The first kappa shape index (κ1) is 11.3. The third-order valence-electron chi connectivity index (χ3n) is 1.73. The zero-order chi connectivity index (χ0) is 9.12. The van der Waals surface area contributed by atoms with Gasteiger partial charge in [-0.1, -0.05) is 45.0 Å². The molecule has 0 aromatic heterocycles. The molecule has 0 aliphatic rings. The summed E-state index contributed by atoms with van der Waals surface area (Å²) in [5.74, 6) is 2.20. The summed E-state index contributed by atoms with van der Waals surface area (Å²) in [6.07, 6.45) is 0. The fourth-order valence-electron chi connectivity index (χ4n) is 1.18. The van der Waals surface area contributed by atoms with Crippen molar-refractivity contribution in [3.05, 3.63) is 0 Å². The van der Waals surface area contributed by atoms with Crippen molar-refractivity contribution in [3.63, 3.8) is 0 Å². The van der Waals surface area contributed by atoms with Gasteiger partial charge in [0.2, 0.25) is 0 Å². The molecule has 0 saturated heterocycles. The summed E-state index contributed by atoms with van der Waals surface area (Å²) in [5.41, 5.74) is 0.149. The van der Waals surface area contributed by atoms with Crippen molar-refractivity contribution >= 4 is 10.4 Å². The molecule has 0 aliphatic carbocycles. The van der Waals surface area contributed by atoms with Crippen molar-refractivity contribution in [2.75, 3.05) is 17.3 Å². The fraction of sp³-hybridized carbons (Fsp3) is 1.00. The van der Waals surface area contributed by atoms with E-state index in [1.54, 1.807) is 0 Å². The molecule has 0 fully saturated rings. The maximum Gasteiger partial charge on any atom is 0.00842 e. The van der Waals surface area contributed by atoms with Crippen LogP contribution in [0.25, 0.3) is 0 Å². The molecular weight excluding hydrogens is 159 g/mol. The molecular formula is C9H21FS. The highest BCUT2D eigenvalue weighted by molar-refractivity contribution is 8.29. The van der Waals surface area contributed by atoms with Crippen LogP contribution in [0, 0.1) is 5.41 Å². The highest BCUT2D eigenvalue weighted by atomic mass is 32.3. The molecule has 0 radical (unpaired) electrons. The summed E-state index contributed by atoms with van der Waals surface area (Å²) in [6.45, 7) is 10.3. The summed E-state index contributed by atoms with van der Waals surface area (Å²) in [6, 6.07) is 0. The van der Waals surface area contributed by atoms with E-state index in [2.05, 4.69) is 20.8 Å². The van der Waals surface area contributed by atoms with Crippen molar-refractivity contribution in [2.24, 2.45) is 5.41 Å². The van der Waals surface area contributed by atoms with Gasteiger partial charge in [-0.05, 0) is 5.41 Å². The van der Waals surface area contributed by atoms with Crippen LogP contribution >= 0.6 is 10.4 Å². The van der Waals surface area contributed by atoms with Crippen LogP contribution in [0.15, 0.2) is 0 Å². The molecule has 2 heteroatoms. The Bertz CT molecular complexity index is 111. The quantitative estimate of drug-likeness (QED) is 0.620. The van der Waals surface area contributed by atoms with Gasteiger partial charge in [0.1, 0.15) is 0 Å². The van der Waals surface area contributed by atoms with Crippen LogP contribution in [0.5, 0.6) is 0 Å². The second-order valence-electron chi connectivity index (χ2n) is 4.22. The Morgan fingerprint density at radius 3 is 1.55 bits per heavy atom. The Morgan fingerprint density at radius 1 is 1.09 bits per heavy atom. The minimum Gasteiger partial charge on any atom is -0.189 e. The van der Waals surface area contributed by atoms with Crippen LogP contribution < -0.4 is 0 Å². The van der Waals surface area contributed by atoms with E-state index in [0.717, 1.165) is 17.3 Å². The van der Waals surface area contributed by atoms with Gasteiger partial charge in [-0.2, -0.15) is 3.89 Å². The largest absolute Gasteiger partial charge is 0.189 e. The predicted octanol–water partition coefficient (Wildman–Crippen LogP) is 3.76. The van der Waals surface area contributed by atoms with E-state index >= 15 is 0 Å². The van der Waals surface area contributed by atoms with Crippen LogP contribution in [0.1, 0.15) is 34.6 Å². The molecule has 0 heterocycles. The molecule has 0 atom stereocenters. The Labute approximate surface area is 72.2 Å². The van der Waals surface area contributed by atoms with Crippen LogP contribution in [-0.2, 0) is 0 Å². The number of hydrogen-bond donors (Lipinski definition) is 0. The molecule has 0 saturated carbocycles. The summed E-state index contributed by atoms with van der Waals surface area (Å²) < 4.78 is 13.8. The third-order valence-corrected chi connectivity index (χ3v) is 5.18. The topological polar surface area (TPSA) is 0 Å². The molecule has 0 aromatic carbocycles. The van der Waals surface area contributed by atoms with E-state index in [1.807, 2.05) is 13.8 Å². The molecule has 0 aliphatic heterocycles. The van der Waals surface area contributed by atoms with Gasteiger partial charge in [0, 0.05) is 17.3 Å². The number of halogens is 1. The monoisotopic (exact) mass is 180 g/mol. The van der Waals surface area contributed by atoms with Gasteiger partial charge in [0.05, 0.1) is 0 Å². The van der Waals surface area contributed by atoms with E-state index in [9.17, 15) is 3.89 Å². The fourth-order valence-corrected chi connectivity index (χ4v) is 3.55. The highest BCUT2D eigenvalue weighted by Gasteiger charge is 2.25. The Morgan fingerprint density at radius 2 is 1.45 bits per heavy atom. The lowest BCUT2D eigenvalue weighted by atomic mass is 10.0. The van der Waals surface area contributed by atoms with Crippen LogP contribution in [0.4, 0.5) is 3.89 Å². The van der Waals surface area contributed by atoms with Gasteiger partial charge >= 0.3 is 0 Å². The second-order valence-corrected chi connectivity index (χ2v) is 7.54. The van der Waals surface area contributed by atoms with Gasteiger partial charge in [-0.15, -0.1) is 0 Å². The van der Waals surface area contributed by atoms with E-state index in [-0.39, 0.29) is 5.41 Å². The van der Waals surface area contributed by atoms with Crippen LogP contribution in [-0.4, -0.2) is 17.3 Å². The third kappa shape index (κ3) is 4.67. The molecule has 0 nitrogen and oxygen atoms in total. The molecule has 0 rings (SSSR count). The van der Waals surface area contributed by atoms with Gasteiger partial charge in [0.15, 0.2) is 0 Å². The lowest BCUT2D eigenvalue weighted by Crippen LogP contribution is -2.18. The maximum absolute atomic E-state index is 13.8. The maximum atomic E-state index is 13.8. The summed E-state index contributed by atoms with van der Waals surface area (Å²) in [4.78, 5) is 0. The SMILES string of the molecule is CCS(F)(CC)CC(C)(C)C. The average molecular weight is 180 g/mol. The first-order chi connectivity index (χ1) is 4.83. The normalized spacial score (nSPS) is 15.1.